The number of pyridine rings is 1. The quantitative estimate of drug-likeness (QED) is 0.277. The van der Waals surface area contributed by atoms with E-state index in [-0.39, 0.29) is 30.0 Å². The Morgan fingerprint density at radius 1 is 1.27 bits per heavy atom. The van der Waals surface area contributed by atoms with Crippen molar-refractivity contribution in [1.82, 2.24) is 19.4 Å². The van der Waals surface area contributed by atoms with E-state index in [1.54, 1.807) is 23.9 Å². The molecule has 2 aromatic heterocycles. The lowest BCUT2D eigenvalue weighted by Gasteiger charge is -2.25. The molecule has 0 spiro atoms. The van der Waals surface area contributed by atoms with Crippen LogP contribution < -0.4 is 0 Å². The van der Waals surface area contributed by atoms with E-state index in [0.717, 1.165) is 16.6 Å². The molecule has 1 aliphatic rings. The van der Waals surface area contributed by atoms with Gasteiger partial charge in [-0.15, -0.1) is 11.8 Å². The fraction of sp³-hybridized carbons (Fsp3) is 0.517. The summed E-state index contributed by atoms with van der Waals surface area (Å²) in [6.07, 6.45) is 3.71. The van der Waals surface area contributed by atoms with Gasteiger partial charge in [0.15, 0.2) is 5.82 Å². The summed E-state index contributed by atoms with van der Waals surface area (Å²) in [5, 5.41) is 11.4. The molecule has 40 heavy (non-hydrogen) atoms. The normalized spacial score (nSPS) is 15.6. The topological polar surface area (TPSA) is 91.5 Å². The third-order valence-electron chi connectivity index (χ3n) is 7.05. The van der Waals surface area contributed by atoms with Crippen molar-refractivity contribution in [2.24, 2.45) is 0 Å². The minimum absolute atomic E-state index is 0.0143. The zero-order valence-corrected chi connectivity index (χ0v) is 26.2. The van der Waals surface area contributed by atoms with Gasteiger partial charge in [-0.2, -0.15) is 5.26 Å². The lowest BCUT2D eigenvalue weighted by molar-refractivity contribution is -0.128. The predicted molar refractivity (Wildman–Crippen MR) is 159 cm³/mol. The van der Waals surface area contributed by atoms with Gasteiger partial charge in [0.2, 0.25) is 5.91 Å². The zero-order chi connectivity index (χ0) is 29.4. The largest absolute Gasteiger partial charge is 0.444 e. The summed E-state index contributed by atoms with van der Waals surface area (Å²) in [7, 11) is 3.47. The molecule has 0 saturated carbocycles. The molecule has 1 aromatic carbocycles. The second-order valence-electron chi connectivity index (χ2n) is 11.3. The van der Waals surface area contributed by atoms with Crippen molar-refractivity contribution in [3.63, 3.8) is 0 Å². The van der Waals surface area contributed by atoms with Crippen LogP contribution in [0.2, 0.25) is 0 Å². The molecule has 3 aromatic rings. The lowest BCUT2D eigenvalue weighted by Crippen LogP contribution is -2.35. The van der Waals surface area contributed by atoms with Crippen LogP contribution in [0.15, 0.2) is 21.6 Å². The van der Waals surface area contributed by atoms with Crippen molar-refractivity contribution in [3.8, 4) is 6.07 Å². The third-order valence-corrected chi connectivity index (χ3v) is 8.60. The molecule has 1 atom stereocenters. The summed E-state index contributed by atoms with van der Waals surface area (Å²) in [4.78, 5) is 33.5. The maximum Gasteiger partial charge on any atom is 0.410 e. The number of aryl methyl sites for hydroxylation is 2. The van der Waals surface area contributed by atoms with Gasteiger partial charge in [0.25, 0.3) is 0 Å². The molecule has 1 unspecified atom stereocenters. The molecule has 0 bridgehead atoms. The van der Waals surface area contributed by atoms with Gasteiger partial charge in [-0.1, -0.05) is 0 Å². The fourth-order valence-corrected chi connectivity index (χ4v) is 6.24. The van der Waals surface area contributed by atoms with E-state index in [1.807, 2.05) is 33.1 Å². The number of carbonyl (C=O) groups is 2. The van der Waals surface area contributed by atoms with E-state index < -0.39 is 11.4 Å². The van der Waals surface area contributed by atoms with Crippen molar-refractivity contribution in [2.45, 2.75) is 69.5 Å². The molecule has 1 fully saturated rings. The molecule has 2 amide bonds. The van der Waals surface area contributed by atoms with Crippen LogP contribution >= 0.6 is 27.7 Å². The number of benzene rings is 1. The SMILES string of the molecule is CSc1nc2c(F)c(Br)c(CCC#N)cc2c2c1cc(CCC(=O)N(C)C)n2C1CCN(C(=O)OC(C)(C)C)C1. The highest BCUT2D eigenvalue weighted by atomic mass is 79.9. The first kappa shape index (κ1) is 30.1. The fourth-order valence-electron chi connectivity index (χ4n) is 5.18. The Morgan fingerprint density at radius 3 is 2.62 bits per heavy atom. The number of hydrogen-bond donors (Lipinski definition) is 0. The van der Waals surface area contributed by atoms with Gasteiger partial charge in [-0.25, -0.2) is 14.2 Å². The predicted octanol–water partition coefficient (Wildman–Crippen LogP) is 6.47. The maximum atomic E-state index is 15.8. The number of aromatic nitrogens is 2. The molecule has 4 rings (SSSR count). The lowest BCUT2D eigenvalue weighted by atomic mass is 10.0. The highest BCUT2D eigenvalue weighted by Crippen LogP contribution is 2.41. The number of likely N-dealkylation sites (tertiary alicyclic amines) is 1. The number of ether oxygens (including phenoxy) is 1. The van der Waals surface area contributed by atoms with Crippen LogP contribution in [0, 0.1) is 17.1 Å². The first-order valence-electron chi connectivity index (χ1n) is 13.3. The van der Waals surface area contributed by atoms with Crippen molar-refractivity contribution in [1.29, 1.82) is 5.26 Å². The Hall–Kier alpha value is -2.84. The van der Waals surface area contributed by atoms with Gasteiger partial charge in [0.05, 0.1) is 22.1 Å². The summed E-state index contributed by atoms with van der Waals surface area (Å²) in [6.45, 7) is 6.50. The number of thioether (sulfide) groups is 1. The van der Waals surface area contributed by atoms with Crippen LogP contribution in [0.3, 0.4) is 0 Å². The van der Waals surface area contributed by atoms with Crippen LogP contribution in [0.5, 0.6) is 0 Å². The number of nitrogens with zero attached hydrogens (tertiary/aromatic N) is 5. The summed E-state index contributed by atoms with van der Waals surface area (Å²) in [5.41, 5.74) is 2.12. The molecular formula is C29H35BrFN5O3S. The van der Waals surface area contributed by atoms with Crippen LogP contribution in [-0.4, -0.2) is 70.4 Å². The average molecular weight is 633 g/mol. The van der Waals surface area contributed by atoms with Crippen molar-refractivity contribution in [2.75, 3.05) is 33.4 Å². The standard InChI is InChI=1S/C29H35BrFN5O3S/c1-29(2,3)39-28(38)35-13-11-19(16-35)36-18(9-10-22(37)34(4)5)15-21-26(36)20-14-17(8-7-12-32)23(30)24(31)25(20)33-27(21)40-6/h14-15,19H,7-11,13,16H2,1-6H3. The van der Waals surface area contributed by atoms with E-state index in [2.05, 4.69) is 32.6 Å². The second-order valence-corrected chi connectivity index (χ2v) is 12.9. The number of hydrogen-bond acceptors (Lipinski definition) is 6. The number of rotatable bonds is 7. The number of halogens is 2. The summed E-state index contributed by atoms with van der Waals surface area (Å²) >= 11 is 4.84. The molecule has 8 nitrogen and oxygen atoms in total. The van der Waals surface area contributed by atoms with Crippen LogP contribution in [0.4, 0.5) is 9.18 Å². The number of fused-ring (bicyclic) bond motifs is 3. The average Bonchev–Trinajstić information content (AvgIpc) is 3.52. The molecule has 1 saturated heterocycles. The molecule has 3 heterocycles. The van der Waals surface area contributed by atoms with E-state index >= 15 is 4.39 Å². The molecule has 0 radical (unpaired) electrons. The van der Waals surface area contributed by atoms with E-state index in [1.165, 1.54) is 11.8 Å². The molecule has 11 heteroatoms. The molecule has 1 aliphatic heterocycles. The molecular weight excluding hydrogens is 597 g/mol. The Balaban J connectivity index is 1.92. The molecule has 0 aliphatic carbocycles. The van der Waals surface area contributed by atoms with Crippen LogP contribution in [0.1, 0.15) is 57.3 Å². The Labute approximate surface area is 247 Å². The number of carbonyl (C=O) groups excluding carboxylic acids is 2. The van der Waals surface area contributed by atoms with Crippen molar-refractivity contribution < 1.29 is 18.7 Å². The first-order valence-corrected chi connectivity index (χ1v) is 15.3. The smallest absolute Gasteiger partial charge is 0.410 e. The Bertz CT molecular complexity index is 1510. The van der Waals surface area contributed by atoms with Gasteiger partial charge in [-0.05, 0) is 79.9 Å². The summed E-state index contributed by atoms with van der Waals surface area (Å²) in [5.74, 6) is -0.443. The number of amides is 2. The van der Waals surface area contributed by atoms with Gasteiger partial charge < -0.3 is 19.1 Å². The maximum absolute atomic E-state index is 15.8. The van der Waals surface area contributed by atoms with Crippen molar-refractivity contribution >= 4 is 61.5 Å². The van der Waals surface area contributed by atoms with E-state index in [9.17, 15) is 9.59 Å². The molecule has 0 N–H and O–H groups in total. The van der Waals surface area contributed by atoms with Gasteiger partial charge in [0.1, 0.15) is 16.1 Å². The van der Waals surface area contributed by atoms with Crippen LogP contribution in [0.25, 0.3) is 21.8 Å². The van der Waals surface area contributed by atoms with E-state index in [0.29, 0.717) is 59.2 Å². The zero-order valence-electron chi connectivity index (χ0n) is 23.8. The minimum Gasteiger partial charge on any atom is -0.444 e. The van der Waals surface area contributed by atoms with Gasteiger partial charge in [0, 0.05) is 56.5 Å². The second kappa shape index (κ2) is 12.0. The summed E-state index contributed by atoms with van der Waals surface area (Å²) < 4.78 is 23.9. The van der Waals surface area contributed by atoms with E-state index in [4.69, 9.17) is 15.0 Å². The van der Waals surface area contributed by atoms with Crippen molar-refractivity contribution in [3.05, 3.63) is 33.7 Å². The van der Waals surface area contributed by atoms with Gasteiger partial charge >= 0.3 is 6.09 Å². The highest BCUT2D eigenvalue weighted by molar-refractivity contribution is 9.10. The first-order chi connectivity index (χ1) is 18.9. The third kappa shape index (κ3) is 6.08. The summed E-state index contributed by atoms with van der Waals surface area (Å²) in [6, 6.07) is 6.03. The number of nitriles is 1. The molecule has 214 valence electrons. The highest BCUT2D eigenvalue weighted by Gasteiger charge is 2.33. The Morgan fingerprint density at radius 2 is 2.00 bits per heavy atom. The monoisotopic (exact) mass is 631 g/mol. The Kier molecular flexibility index (Phi) is 9.00. The van der Waals surface area contributed by atoms with Gasteiger partial charge in [-0.3, -0.25) is 4.79 Å². The van der Waals surface area contributed by atoms with Crippen LogP contribution in [-0.2, 0) is 22.4 Å². The minimum atomic E-state index is -0.604.